The molecule has 1 aliphatic carbocycles. The molecule has 1 heterocycles. The fraction of sp³-hybridized carbons (Fsp3) is 0.500. The van der Waals surface area contributed by atoms with Gasteiger partial charge < -0.3 is 4.90 Å². The van der Waals surface area contributed by atoms with Gasteiger partial charge in [-0.15, -0.1) is 0 Å². The number of hydrogen-bond acceptors (Lipinski definition) is 5. The van der Waals surface area contributed by atoms with Gasteiger partial charge in [-0.3, -0.25) is 19.9 Å². The highest BCUT2D eigenvalue weighted by molar-refractivity contribution is 9.10. The van der Waals surface area contributed by atoms with Crippen LogP contribution in [0.25, 0.3) is 0 Å². The first kappa shape index (κ1) is 13.9. The van der Waals surface area contributed by atoms with Crippen molar-refractivity contribution in [1.29, 1.82) is 0 Å². The Morgan fingerprint density at radius 1 is 1.42 bits per heavy atom. The topological polar surface area (TPSA) is 76.3 Å². The van der Waals surface area contributed by atoms with Crippen LogP contribution in [0.3, 0.4) is 0 Å². The van der Waals surface area contributed by atoms with E-state index in [4.69, 9.17) is 0 Å². The highest BCUT2D eigenvalue weighted by atomic mass is 79.9. The number of hydrogen-bond donors (Lipinski definition) is 0. The predicted molar refractivity (Wildman–Crippen MR) is 74.3 cm³/mol. The number of pyridine rings is 1. The maximum atomic E-state index is 11.3. The number of nitro groups is 1. The average molecular weight is 328 g/mol. The third-order valence-corrected chi connectivity index (χ3v) is 4.04. The first-order chi connectivity index (χ1) is 9.00. The largest absolute Gasteiger partial charge is 0.365 e. The molecule has 0 radical (unpaired) electrons. The first-order valence-electron chi connectivity index (χ1n) is 6.03. The van der Waals surface area contributed by atoms with Crippen molar-refractivity contribution < 1.29 is 9.72 Å². The van der Waals surface area contributed by atoms with Crippen LogP contribution in [0.1, 0.15) is 25.7 Å². The van der Waals surface area contributed by atoms with E-state index >= 15 is 0 Å². The monoisotopic (exact) mass is 327 g/mol. The van der Waals surface area contributed by atoms with Crippen molar-refractivity contribution in [2.75, 3.05) is 11.9 Å². The van der Waals surface area contributed by atoms with Crippen molar-refractivity contribution in [2.45, 2.75) is 31.7 Å². The second-order valence-electron chi connectivity index (χ2n) is 4.63. The number of carbonyl (C=O) groups excluding carboxylic acids is 1. The summed E-state index contributed by atoms with van der Waals surface area (Å²) in [6.45, 7) is 0. The van der Waals surface area contributed by atoms with E-state index in [0.717, 1.165) is 12.8 Å². The van der Waals surface area contributed by atoms with Gasteiger partial charge in [0.15, 0.2) is 0 Å². The molecular weight excluding hydrogens is 314 g/mol. The summed E-state index contributed by atoms with van der Waals surface area (Å²) < 4.78 is 0.598. The van der Waals surface area contributed by atoms with E-state index in [1.54, 1.807) is 6.20 Å². The molecule has 1 fully saturated rings. The summed E-state index contributed by atoms with van der Waals surface area (Å²) in [6.07, 6.45) is 5.37. The molecule has 1 aromatic rings. The van der Waals surface area contributed by atoms with Crippen molar-refractivity contribution in [2.24, 2.45) is 0 Å². The summed E-state index contributed by atoms with van der Waals surface area (Å²) in [4.78, 5) is 27.6. The van der Waals surface area contributed by atoms with E-state index in [2.05, 4.69) is 20.9 Å². The van der Waals surface area contributed by atoms with E-state index in [1.807, 2.05) is 11.9 Å². The molecule has 19 heavy (non-hydrogen) atoms. The van der Waals surface area contributed by atoms with Crippen molar-refractivity contribution in [1.82, 2.24) is 4.98 Å². The number of nitrogens with zero attached hydrogens (tertiary/aromatic N) is 3. The Kier molecular flexibility index (Phi) is 4.14. The van der Waals surface area contributed by atoms with Gasteiger partial charge in [-0.05, 0) is 28.8 Å². The van der Waals surface area contributed by atoms with E-state index in [0.29, 0.717) is 23.0 Å². The quantitative estimate of drug-likeness (QED) is 0.630. The molecule has 0 spiro atoms. The Labute approximate surface area is 119 Å². The summed E-state index contributed by atoms with van der Waals surface area (Å²) >= 11 is 3.32. The number of ketones is 1. The number of anilines is 1. The standard InChI is InChI=1S/C12H14BrN3O3/c1-15(8-2-4-9(17)5-3-8)12-10(13)6-14-7-11(12)16(18)19/h6-8H,2-5H2,1H3. The molecule has 102 valence electrons. The Balaban J connectivity index is 2.30. The highest BCUT2D eigenvalue weighted by Gasteiger charge is 2.28. The molecule has 1 saturated carbocycles. The molecule has 0 bridgehead atoms. The number of halogens is 1. The van der Waals surface area contributed by atoms with Crippen LogP contribution in [0.4, 0.5) is 11.4 Å². The maximum absolute atomic E-state index is 11.3. The lowest BCUT2D eigenvalue weighted by Gasteiger charge is -2.32. The Morgan fingerprint density at radius 3 is 2.63 bits per heavy atom. The normalized spacial score (nSPS) is 16.4. The van der Waals surface area contributed by atoms with Gasteiger partial charge in [0.05, 0.1) is 9.40 Å². The Bertz CT molecular complexity index is 511. The van der Waals surface area contributed by atoms with Gasteiger partial charge in [0.2, 0.25) is 0 Å². The Morgan fingerprint density at radius 2 is 2.05 bits per heavy atom. The second-order valence-corrected chi connectivity index (χ2v) is 5.48. The number of rotatable bonds is 3. The van der Waals surface area contributed by atoms with Gasteiger partial charge in [0.25, 0.3) is 0 Å². The zero-order chi connectivity index (χ0) is 14.0. The van der Waals surface area contributed by atoms with Crippen molar-refractivity contribution in [3.8, 4) is 0 Å². The van der Waals surface area contributed by atoms with Gasteiger partial charge in [0.1, 0.15) is 17.7 Å². The van der Waals surface area contributed by atoms with Crippen molar-refractivity contribution in [3.05, 3.63) is 27.0 Å². The van der Waals surface area contributed by atoms with Crippen LogP contribution in [0.15, 0.2) is 16.9 Å². The van der Waals surface area contributed by atoms with Crippen molar-refractivity contribution >= 4 is 33.1 Å². The lowest BCUT2D eigenvalue weighted by molar-refractivity contribution is -0.384. The SMILES string of the molecule is CN(c1c(Br)cncc1[N+](=O)[O-])C1CCC(=O)CC1. The lowest BCUT2D eigenvalue weighted by atomic mass is 9.93. The van der Waals surface area contributed by atoms with Gasteiger partial charge >= 0.3 is 5.69 Å². The maximum Gasteiger partial charge on any atom is 0.311 e. The minimum atomic E-state index is -0.433. The lowest BCUT2D eigenvalue weighted by Crippen LogP contribution is -2.35. The molecule has 0 N–H and O–H groups in total. The molecule has 0 aliphatic heterocycles. The second kappa shape index (κ2) is 5.64. The minimum Gasteiger partial charge on any atom is -0.365 e. The number of aromatic nitrogens is 1. The van der Waals surface area contributed by atoms with E-state index in [1.165, 1.54) is 6.20 Å². The third-order valence-electron chi connectivity index (χ3n) is 3.46. The van der Waals surface area contributed by atoms with Crippen molar-refractivity contribution in [3.63, 3.8) is 0 Å². The van der Waals surface area contributed by atoms with Crippen LogP contribution in [0.5, 0.6) is 0 Å². The van der Waals surface area contributed by atoms with Gasteiger partial charge in [-0.25, -0.2) is 0 Å². The molecule has 6 nitrogen and oxygen atoms in total. The smallest absolute Gasteiger partial charge is 0.311 e. The molecule has 0 aromatic carbocycles. The summed E-state index contributed by atoms with van der Waals surface area (Å²) in [5, 5.41) is 11.1. The average Bonchev–Trinajstić information content (AvgIpc) is 2.38. The molecule has 0 amide bonds. The number of carbonyl (C=O) groups is 1. The molecule has 1 aliphatic rings. The summed E-state index contributed by atoms with van der Waals surface area (Å²) in [5.41, 5.74) is 0.508. The van der Waals surface area contributed by atoms with Crippen LogP contribution in [0.2, 0.25) is 0 Å². The fourth-order valence-electron chi connectivity index (χ4n) is 2.40. The van der Waals surface area contributed by atoms with E-state index in [9.17, 15) is 14.9 Å². The molecule has 0 atom stereocenters. The zero-order valence-electron chi connectivity index (χ0n) is 10.5. The van der Waals surface area contributed by atoms with Crippen LogP contribution >= 0.6 is 15.9 Å². The summed E-state index contributed by atoms with van der Waals surface area (Å²) in [5.74, 6) is 0.271. The van der Waals surface area contributed by atoms with Gasteiger partial charge in [-0.2, -0.15) is 0 Å². The summed E-state index contributed by atoms with van der Waals surface area (Å²) in [6, 6.07) is 0.148. The molecule has 2 rings (SSSR count). The van der Waals surface area contributed by atoms with Crippen LogP contribution in [0, 0.1) is 10.1 Å². The van der Waals surface area contributed by atoms with Gasteiger partial charge in [-0.1, -0.05) is 0 Å². The first-order valence-corrected chi connectivity index (χ1v) is 6.82. The summed E-state index contributed by atoms with van der Waals surface area (Å²) in [7, 11) is 1.83. The fourth-order valence-corrected chi connectivity index (χ4v) is 3.00. The van der Waals surface area contributed by atoms with Crippen LogP contribution < -0.4 is 4.90 Å². The highest BCUT2D eigenvalue weighted by Crippen LogP contribution is 2.37. The minimum absolute atomic E-state index is 0.0197. The predicted octanol–water partition coefficient (Wildman–Crippen LogP) is 2.70. The Hall–Kier alpha value is -1.50. The molecular formula is C12H14BrN3O3. The zero-order valence-corrected chi connectivity index (χ0v) is 12.1. The van der Waals surface area contributed by atoms with E-state index < -0.39 is 4.92 Å². The van der Waals surface area contributed by atoms with E-state index in [-0.39, 0.29) is 17.5 Å². The molecule has 7 heteroatoms. The number of Topliss-reactive ketones (excluding diaryl/α,β-unsaturated/α-hetero) is 1. The van der Waals surface area contributed by atoms with Crippen LogP contribution in [-0.2, 0) is 4.79 Å². The molecule has 0 saturated heterocycles. The van der Waals surface area contributed by atoms with Gasteiger partial charge in [0, 0.05) is 32.1 Å². The molecule has 1 aromatic heterocycles. The van der Waals surface area contributed by atoms with Crippen LogP contribution in [-0.4, -0.2) is 28.8 Å². The third kappa shape index (κ3) is 2.91. The molecule has 0 unspecified atom stereocenters.